The molecule has 74 valence electrons. The molecule has 1 heterocycles. The van der Waals surface area contributed by atoms with Crippen LogP contribution < -0.4 is 0 Å². The lowest BCUT2D eigenvalue weighted by Gasteiger charge is -1.98. The predicted octanol–water partition coefficient (Wildman–Crippen LogP) is 3.16. The fourth-order valence-electron chi connectivity index (χ4n) is 0.991. The van der Waals surface area contributed by atoms with Crippen molar-refractivity contribution in [3.05, 3.63) is 24.0 Å². The van der Waals surface area contributed by atoms with Crippen LogP contribution in [0.2, 0.25) is 0 Å². The number of aromatic nitrogens is 1. The van der Waals surface area contributed by atoms with E-state index in [2.05, 4.69) is 11.9 Å². The topological polar surface area (TPSA) is 33.1 Å². The first kappa shape index (κ1) is 11.9. The van der Waals surface area contributed by atoms with Crippen LogP contribution in [0.3, 0.4) is 0 Å². The van der Waals surface area contributed by atoms with Crippen LogP contribution >= 0.6 is 0 Å². The Morgan fingerprint density at radius 3 is 2.54 bits per heavy atom. The number of hydrogen-bond donors (Lipinski definition) is 1. The number of aromatic hydroxyl groups is 1. The number of rotatable bonds is 3. The van der Waals surface area contributed by atoms with Gasteiger partial charge in [-0.05, 0) is 24.5 Å². The Kier molecular flexibility index (Phi) is 6.98. The molecule has 0 saturated carbocycles. The zero-order valence-electron chi connectivity index (χ0n) is 8.75. The first-order chi connectivity index (χ1) is 6.33. The highest BCUT2D eigenvalue weighted by Crippen LogP contribution is 2.10. The minimum absolute atomic E-state index is 0.263. The number of unbranched alkanes of at least 4 members (excludes halogenated alkanes) is 1. The Bertz CT molecular complexity index is 223. The molecule has 0 aromatic carbocycles. The number of nitrogens with zero attached hydrogens (tertiary/aromatic N) is 1. The second-order valence-corrected chi connectivity index (χ2v) is 2.65. The molecule has 0 aliphatic heterocycles. The maximum atomic E-state index is 9.05. The van der Waals surface area contributed by atoms with Crippen molar-refractivity contribution < 1.29 is 5.11 Å². The minimum atomic E-state index is 0.263. The highest BCUT2D eigenvalue weighted by atomic mass is 16.3. The van der Waals surface area contributed by atoms with Crippen LogP contribution in [0, 0.1) is 0 Å². The van der Waals surface area contributed by atoms with E-state index >= 15 is 0 Å². The van der Waals surface area contributed by atoms with Gasteiger partial charge in [-0.15, -0.1) is 0 Å². The fraction of sp³-hybridized carbons (Fsp3) is 0.545. The van der Waals surface area contributed by atoms with Crippen molar-refractivity contribution in [2.45, 2.75) is 40.0 Å². The van der Waals surface area contributed by atoms with E-state index in [-0.39, 0.29) is 5.75 Å². The van der Waals surface area contributed by atoms with E-state index < -0.39 is 0 Å². The van der Waals surface area contributed by atoms with E-state index in [0.29, 0.717) is 0 Å². The van der Waals surface area contributed by atoms with E-state index in [1.54, 1.807) is 12.3 Å². The first-order valence-corrected chi connectivity index (χ1v) is 4.96. The summed E-state index contributed by atoms with van der Waals surface area (Å²) in [5.74, 6) is 0.263. The Balaban J connectivity index is 0.000000671. The standard InChI is InChI=1S/C9H13NO.C2H6/c1-2-3-4-8-5-9(11)7-10-6-8;1-2/h5-7,11H,2-4H2,1H3;1-2H3. The van der Waals surface area contributed by atoms with Crippen molar-refractivity contribution in [3.8, 4) is 5.75 Å². The van der Waals surface area contributed by atoms with E-state index in [1.165, 1.54) is 12.6 Å². The third kappa shape index (κ3) is 5.23. The molecular weight excluding hydrogens is 162 g/mol. The summed E-state index contributed by atoms with van der Waals surface area (Å²) in [6.07, 6.45) is 6.60. The monoisotopic (exact) mass is 181 g/mol. The molecule has 0 aliphatic rings. The van der Waals surface area contributed by atoms with Crippen LogP contribution in [0.15, 0.2) is 18.5 Å². The lowest BCUT2D eigenvalue weighted by atomic mass is 10.1. The van der Waals surface area contributed by atoms with Crippen molar-refractivity contribution in [1.29, 1.82) is 0 Å². The molecule has 1 rings (SSSR count). The maximum absolute atomic E-state index is 9.05. The molecule has 1 N–H and O–H groups in total. The second kappa shape index (κ2) is 7.59. The molecule has 1 aromatic rings. The second-order valence-electron chi connectivity index (χ2n) is 2.65. The molecule has 1 aromatic heterocycles. The van der Waals surface area contributed by atoms with Crippen molar-refractivity contribution in [3.63, 3.8) is 0 Å². The molecule has 2 nitrogen and oxygen atoms in total. The van der Waals surface area contributed by atoms with Gasteiger partial charge in [0, 0.05) is 6.20 Å². The normalized spacial score (nSPS) is 8.85. The lowest BCUT2D eigenvalue weighted by Crippen LogP contribution is -1.85. The third-order valence-electron chi connectivity index (χ3n) is 1.60. The quantitative estimate of drug-likeness (QED) is 0.777. The lowest BCUT2D eigenvalue weighted by molar-refractivity contribution is 0.471. The molecule has 0 amide bonds. The highest BCUT2D eigenvalue weighted by Gasteiger charge is 1.93. The van der Waals surface area contributed by atoms with Crippen molar-refractivity contribution >= 4 is 0 Å². The number of aryl methyl sites for hydroxylation is 1. The van der Waals surface area contributed by atoms with Gasteiger partial charge in [-0.1, -0.05) is 27.2 Å². The van der Waals surface area contributed by atoms with Gasteiger partial charge in [0.1, 0.15) is 5.75 Å². The molecule has 0 bridgehead atoms. The van der Waals surface area contributed by atoms with Crippen molar-refractivity contribution in [1.82, 2.24) is 4.98 Å². The summed E-state index contributed by atoms with van der Waals surface area (Å²) >= 11 is 0. The van der Waals surface area contributed by atoms with E-state index in [9.17, 15) is 0 Å². The van der Waals surface area contributed by atoms with Crippen LogP contribution in [-0.2, 0) is 6.42 Å². The SMILES string of the molecule is CC.CCCCc1cncc(O)c1. The average molecular weight is 181 g/mol. The molecule has 0 fully saturated rings. The highest BCUT2D eigenvalue weighted by molar-refractivity contribution is 5.21. The van der Waals surface area contributed by atoms with Crippen LogP contribution in [0.5, 0.6) is 5.75 Å². The van der Waals surface area contributed by atoms with E-state index in [4.69, 9.17) is 5.11 Å². The summed E-state index contributed by atoms with van der Waals surface area (Å²) in [4.78, 5) is 3.89. The minimum Gasteiger partial charge on any atom is -0.506 e. The van der Waals surface area contributed by atoms with Gasteiger partial charge in [-0.3, -0.25) is 4.98 Å². The largest absolute Gasteiger partial charge is 0.506 e. The van der Waals surface area contributed by atoms with E-state index in [1.807, 2.05) is 13.8 Å². The maximum Gasteiger partial charge on any atom is 0.134 e. The zero-order chi connectivity index (χ0) is 10.1. The summed E-state index contributed by atoms with van der Waals surface area (Å²) in [6, 6.07) is 1.77. The summed E-state index contributed by atoms with van der Waals surface area (Å²) in [5.41, 5.74) is 1.12. The van der Waals surface area contributed by atoms with Gasteiger partial charge in [-0.25, -0.2) is 0 Å². The first-order valence-electron chi connectivity index (χ1n) is 4.96. The zero-order valence-corrected chi connectivity index (χ0v) is 8.75. The molecule has 0 aliphatic carbocycles. The Hall–Kier alpha value is -1.05. The number of hydrogen-bond acceptors (Lipinski definition) is 2. The van der Waals surface area contributed by atoms with Gasteiger partial charge in [0.25, 0.3) is 0 Å². The smallest absolute Gasteiger partial charge is 0.134 e. The van der Waals surface area contributed by atoms with Crippen LogP contribution in [0.1, 0.15) is 39.2 Å². The predicted molar refractivity (Wildman–Crippen MR) is 55.9 cm³/mol. The molecule has 0 saturated heterocycles. The Morgan fingerprint density at radius 1 is 1.31 bits per heavy atom. The Morgan fingerprint density at radius 2 is 2.00 bits per heavy atom. The van der Waals surface area contributed by atoms with Gasteiger partial charge in [0.2, 0.25) is 0 Å². The summed E-state index contributed by atoms with van der Waals surface area (Å²) in [7, 11) is 0. The van der Waals surface area contributed by atoms with Gasteiger partial charge < -0.3 is 5.11 Å². The Labute approximate surface area is 80.6 Å². The summed E-state index contributed by atoms with van der Waals surface area (Å²) in [5, 5.41) is 9.05. The molecule has 2 heteroatoms. The average Bonchev–Trinajstić information content (AvgIpc) is 2.18. The van der Waals surface area contributed by atoms with Crippen molar-refractivity contribution in [2.24, 2.45) is 0 Å². The summed E-state index contributed by atoms with van der Waals surface area (Å²) in [6.45, 7) is 6.15. The van der Waals surface area contributed by atoms with Crippen LogP contribution in [0.4, 0.5) is 0 Å². The molecular formula is C11H19NO. The molecule has 0 unspecified atom stereocenters. The molecule has 0 spiro atoms. The van der Waals surface area contributed by atoms with Crippen LogP contribution in [-0.4, -0.2) is 10.1 Å². The third-order valence-corrected chi connectivity index (χ3v) is 1.60. The fourth-order valence-corrected chi connectivity index (χ4v) is 0.991. The molecule has 0 radical (unpaired) electrons. The van der Waals surface area contributed by atoms with Gasteiger partial charge >= 0.3 is 0 Å². The molecule has 0 atom stereocenters. The van der Waals surface area contributed by atoms with Crippen LogP contribution in [0.25, 0.3) is 0 Å². The number of pyridine rings is 1. The van der Waals surface area contributed by atoms with Crippen molar-refractivity contribution in [2.75, 3.05) is 0 Å². The van der Waals surface area contributed by atoms with Gasteiger partial charge in [0.15, 0.2) is 0 Å². The van der Waals surface area contributed by atoms with E-state index in [0.717, 1.165) is 18.4 Å². The molecule has 13 heavy (non-hydrogen) atoms. The van der Waals surface area contributed by atoms with Gasteiger partial charge in [0.05, 0.1) is 6.20 Å². The van der Waals surface area contributed by atoms with Gasteiger partial charge in [-0.2, -0.15) is 0 Å². The summed E-state index contributed by atoms with van der Waals surface area (Å²) < 4.78 is 0.